The number of halogens is 2. The first-order chi connectivity index (χ1) is 8.56. The van der Waals surface area contributed by atoms with Crippen LogP contribution in [0.2, 0.25) is 0 Å². The number of hydrogen-bond acceptors (Lipinski definition) is 0. The first-order valence-corrected chi connectivity index (χ1v) is 7.76. The van der Waals surface area contributed by atoms with Gasteiger partial charge in [0, 0.05) is 18.3 Å². The molecule has 18 heavy (non-hydrogen) atoms. The summed E-state index contributed by atoms with van der Waals surface area (Å²) in [6.07, 6.45) is 0. The normalized spacial score (nSPS) is 9.78. The van der Waals surface area contributed by atoms with Gasteiger partial charge >= 0.3 is 0 Å². The van der Waals surface area contributed by atoms with E-state index in [1.165, 1.54) is 18.3 Å². The highest BCUT2D eigenvalue weighted by molar-refractivity contribution is 14.1. The Hall–Kier alpha value is -0.540. The number of hydrogen-bond donors (Lipinski definition) is 0. The Morgan fingerprint density at radius 1 is 0.722 bits per heavy atom. The molecule has 0 atom stereocenters. The summed E-state index contributed by atoms with van der Waals surface area (Å²) in [5.41, 5.74) is 4.74. The highest BCUT2D eigenvalue weighted by Gasteiger charge is 1.98. The van der Waals surface area contributed by atoms with E-state index < -0.39 is 0 Å². The van der Waals surface area contributed by atoms with Gasteiger partial charge in [-0.1, -0.05) is 24.0 Å². The molecule has 0 saturated heterocycles. The first kappa shape index (κ1) is 13.9. The second-order valence-corrected chi connectivity index (χ2v) is 6.54. The molecule has 0 aromatic heterocycles. The van der Waals surface area contributed by atoms with Gasteiger partial charge in [0.25, 0.3) is 0 Å². The zero-order valence-corrected chi connectivity index (χ0v) is 14.5. The van der Waals surface area contributed by atoms with Crippen LogP contribution in [0.15, 0.2) is 36.4 Å². The van der Waals surface area contributed by atoms with Crippen molar-refractivity contribution in [1.82, 2.24) is 0 Å². The minimum Gasteiger partial charge on any atom is -0.0605 e. The number of rotatable bonds is 0. The summed E-state index contributed by atoms with van der Waals surface area (Å²) in [6, 6.07) is 12.7. The van der Waals surface area contributed by atoms with Crippen molar-refractivity contribution >= 4 is 45.2 Å². The molecule has 0 bridgehead atoms. The van der Waals surface area contributed by atoms with Crippen molar-refractivity contribution in [3.05, 3.63) is 65.8 Å². The summed E-state index contributed by atoms with van der Waals surface area (Å²) >= 11 is 4.68. The molecule has 2 aromatic carbocycles. The molecule has 0 N–H and O–H groups in total. The van der Waals surface area contributed by atoms with Crippen LogP contribution in [0.25, 0.3) is 0 Å². The minimum absolute atomic E-state index is 1.09. The Morgan fingerprint density at radius 3 is 1.44 bits per heavy atom. The lowest BCUT2D eigenvalue weighted by molar-refractivity contribution is 1.42. The maximum Gasteiger partial charge on any atom is 0.0382 e. The molecule has 0 unspecified atom stereocenters. The maximum atomic E-state index is 3.25. The van der Waals surface area contributed by atoms with E-state index in [0.717, 1.165) is 11.1 Å². The largest absolute Gasteiger partial charge is 0.0605 e. The summed E-state index contributed by atoms with van der Waals surface area (Å²) in [6.45, 7) is 4.20. The Kier molecular flexibility index (Phi) is 4.68. The SMILES string of the molecule is Cc1ccc(C#Cc2ccc(C)cc2I)c(I)c1. The van der Waals surface area contributed by atoms with Crippen LogP contribution in [-0.2, 0) is 0 Å². The van der Waals surface area contributed by atoms with Gasteiger partial charge in [0.05, 0.1) is 0 Å². The first-order valence-electron chi connectivity index (χ1n) is 5.60. The van der Waals surface area contributed by atoms with Gasteiger partial charge in [-0.15, -0.1) is 0 Å². The predicted molar refractivity (Wildman–Crippen MR) is 93.8 cm³/mol. The number of aryl methyl sites for hydroxylation is 2. The standard InChI is InChI=1S/C16H12I2/c1-11-3-5-13(15(17)9-11)7-8-14-6-4-12(2)10-16(14)18/h3-6,9-10H,1-2H3. The van der Waals surface area contributed by atoms with Crippen LogP contribution in [0.1, 0.15) is 22.3 Å². The zero-order chi connectivity index (χ0) is 13.1. The maximum absolute atomic E-state index is 3.25. The molecule has 2 heteroatoms. The Balaban J connectivity index is 2.37. The molecule has 0 aliphatic carbocycles. The van der Waals surface area contributed by atoms with Crippen molar-refractivity contribution < 1.29 is 0 Å². The van der Waals surface area contributed by atoms with Crippen molar-refractivity contribution in [2.45, 2.75) is 13.8 Å². The third kappa shape index (κ3) is 3.48. The van der Waals surface area contributed by atoms with Crippen LogP contribution in [0, 0.1) is 32.8 Å². The second kappa shape index (κ2) is 6.07. The molecule has 0 spiro atoms. The van der Waals surface area contributed by atoms with E-state index in [9.17, 15) is 0 Å². The summed E-state index contributed by atoms with van der Waals surface area (Å²) in [4.78, 5) is 0. The van der Waals surface area contributed by atoms with Gasteiger partial charge in [-0.3, -0.25) is 0 Å². The van der Waals surface area contributed by atoms with E-state index in [-0.39, 0.29) is 0 Å². The average molecular weight is 458 g/mol. The van der Waals surface area contributed by atoms with Gasteiger partial charge < -0.3 is 0 Å². The molecule has 2 aromatic rings. The molecule has 0 saturated carbocycles. The molecule has 0 heterocycles. The van der Waals surface area contributed by atoms with E-state index >= 15 is 0 Å². The highest BCUT2D eigenvalue weighted by atomic mass is 127. The van der Waals surface area contributed by atoms with Gasteiger partial charge in [0.2, 0.25) is 0 Å². The quantitative estimate of drug-likeness (QED) is 0.389. The highest BCUT2D eigenvalue weighted by Crippen LogP contribution is 2.15. The van der Waals surface area contributed by atoms with Crippen LogP contribution >= 0.6 is 45.2 Å². The molecule has 0 radical (unpaired) electrons. The lowest BCUT2D eigenvalue weighted by Gasteiger charge is -1.99. The summed E-state index contributed by atoms with van der Waals surface area (Å²) in [5, 5.41) is 0. The minimum atomic E-state index is 1.09. The lowest BCUT2D eigenvalue weighted by atomic mass is 10.1. The van der Waals surface area contributed by atoms with Gasteiger partial charge in [-0.05, 0) is 94.4 Å². The molecule has 90 valence electrons. The van der Waals surface area contributed by atoms with E-state index in [1.807, 2.05) is 0 Å². The van der Waals surface area contributed by atoms with Crippen LogP contribution in [0.4, 0.5) is 0 Å². The molecule has 2 rings (SSSR count). The summed E-state index contributed by atoms with van der Waals surface area (Å²) in [5.74, 6) is 6.51. The summed E-state index contributed by atoms with van der Waals surface area (Å²) in [7, 11) is 0. The molecular weight excluding hydrogens is 446 g/mol. The van der Waals surface area contributed by atoms with Crippen LogP contribution in [-0.4, -0.2) is 0 Å². The molecule has 0 aliphatic rings. The number of benzene rings is 2. The third-order valence-corrected chi connectivity index (χ3v) is 4.37. The van der Waals surface area contributed by atoms with Crippen molar-refractivity contribution in [3.63, 3.8) is 0 Å². The Labute approximate surface area is 135 Å². The zero-order valence-electron chi connectivity index (χ0n) is 10.2. The monoisotopic (exact) mass is 458 g/mol. The van der Waals surface area contributed by atoms with Crippen molar-refractivity contribution in [2.75, 3.05) is 0 Å². The van der Waals surface area contributed by atoms with Gasteiger partial charge in [-0.25, -0.2) is 0 Å². The molecule has 0 amide bonds. The van der Waals surface area contributed by atoms with E-state index in [1.54, 1.807) is 0 Å². The fourth-order valence-electron chi connectivity index (χ4n) is 1.58. The van der Waals surface area contributed by atoms with E-state index in [0.29, 0.717) is 0 Å². The van der Waals surface area contributed by atoms with Crippen LogP contribution in [0.5, 0.6) is 0 Å². The average Bonchev–Trinajstić information content (AvgIpc) is 2.30. The molecule has 0 nitrogen and oxygen atoms in total. The van der Waals surface area contributed by atoms with Gasteiger partial charge in [0.15, 0.2) is 0 Å². The molecule has 0 fully saturated rings. The van der Waals surface area contributed by atoms with E-state index in [2.05, 4.69) is 107 Å². The predicted octanol–water partition coefficient (Wildman–Crippen LogP) is 4.91. The fourth-order valence-corrected chi connectivity index (χ4v) is 3.19. The topological polar surface area (TPSA) is 0 Å². The smallest absolute Gasteiger partial charge is 0.0382 e. The Bertz CT molecular complexity index is 590. The second-order valence-electron chi connectivity index (χ2n) is 4.22. The van der Waals surface area contributed by atoms with E-state index in [4.69, 9.17) is 0 Å². The molecule has 0 aliphatic heterocycles. The van der Waals surface area contributed by atoms with Crippen molar-refractivity contribution in [3.8, 4) is 11.8 Å². The third-order valence-electron chi connectivity index (χ3n) is 2.58. The fraction of sp³-hybridized carbons (Fsp3) is 0.125. The summed E-state index contributed by atoms with van der Waals surface area (Å²) < 4.78 is 2.42. The Morgan fingerprint density at radius 2 is 1.11 bits per heavy atom. The van der Waals surface area contributed by atoms with Crippen molar-refractivity contribution in [1.29, 1.82) is 0 Å². The van der Waals surface area contributed by atoms with Crippen molar-refractivity contribution in [2.24, 2.45) is 0 Å². The lowest BCUT2D eigenvalue weighted by Crippen LogP contribution is -1.85. The van der Waals surface area contributed by atoms with Crippen LogP contribution in [0.3, 0.4) is 0 Å². The molecular formula is C16H12I2. The van der Waals surface area contributed by atoms with Crippen LogP contribution < -0.4 is 0 Å². The van der Waals surface area contributed by atoms with Gasteiger partial charge in [0.1, 0.15) is 0 Å². The van der Waals surface area contributed by atoms with Gasteiger partial charge in [-0.2, -0.15) is 0 Å².